The number of primary amides is 1. The molecule has 3 N–H and O–H groups in total. The second kappa shape index (κ2) is 5.12. The van der Waals surface area contributed by atoms with Crippen molar-refractivity contribution in [2.24, 2.45) is 5.73 Å². The van der Waals surface area contributed by atoms with Crippen molar-refractivity contribution >= 4 is 5.91 Å². The van der Waals surface area contributed by atoms with Crippen LogP contribution >= 0.6 is 0 Å². The lowest BCUT2D eigenvalue weighted by Crippen LogP contribution is -2.22. The lowest BCUT2D eigenvalue weighted by atomic mass is 9.77. The van der Waals surface area contributed by atoms with Gasteiger partial charge in [-0.3, -0.25) is 4.79 Å². The molecule has 0 heterocycles. The molecule has 1 unspecified atom stereocenters. The van der Waals surface area contributed by atoms with Gasteiger partial charge in [0, 0.05) is 0 Å². The summed E-state index contributed by atoms with van der Waals surface area (Å²) in [6, 6.07) is 3.81. The summed E-state index contributed by atoms with van der Waals surface area (Å²) in [7, 11) is 0. The Labute approximate surface area is 122 Å². The quantitative estimate of drug-likeness (QED) is 0.868. The van der Waals surface area contributed by atoms with Crippen molar-refractivity contribution in [3.8, 4) is 5.75 Å². The van der Waals surface area contributed by atoms with Crippen LogP contribution in [0.4, 0.5) is 0 Å². The van der Waals surface area contributed by atoms with Gasteiger partial charge in [-0.05, 0) is 34.4 Å². The van der Waals surface area contributed by atoms with Gasteiger partial charge in [0.25, 0.3) is 0 Å². The third-order valence-electron chi connectivity index (χ3n) is 3.68. The number of phenols is 1. The van der Waals surface area contributed by atoms with E-state index in [0.29, 0.717) is 5.75 Å². The molecule has 3 heteroatoms. The largest absolute Gasteiger partial charge is 0.507 e. The zero-order chi connectivity index (χ0) is 15.9. The summed E-state index contributed by atoms with van der Waals surface area (Å²) in [5.74, 6) is -0.390. The number of benzene rings is 1. The van der Waals surface area contributed by atoms with Crippen molar-refractivity contribution in [3.63, 3.8) is 0 Å². The lowest BCUT2D eigenvalue weighted by Gasteiger charge is -2.29. The van der Waals surface area contributed by atoms with E-state index in [1.54, 1.807) is 6.92 Å². The number of carbonyl (C=O) groups is 1. The summed E-state index contributed by atoms with van der Waals surface area (Å²) in [5.41, 5.74) is 7.60. The minimum Gasteiger partial charge on any atom is -0.507 e. The van der Waals surface area contributed by atoms with Crippen LogP contribution in [0.2, 0.25) is 0 Å². The third-order valence-corrected chi connectivity index (χ3v) is 3.68. The predicted molar refractivity (Wildman–Crippen MR) is 83.1 cm³/mol. The van der Waals surface area contributed by atoms with Gasteiger partial charge >= 0.3 is 0 Å². The Morgan fingerprint density at radius 2 is 1.40 bits per heavy atom. The monoisotopic (exact) mass is 277 g/mol. The van der Waals surface area contributed by atoms with E-state index in [-0.39, 0.29) is 22.7 Å². The average Bonchev–Trinajstić information content (AvgIpc) is 2.24. The summed E-state index contributed by atoms with van der Waals surface area (Å²) in [5, 5.41) is 10.6. The molecule has 1 amide bonds. The molecule has 0 saturated heterocycles. The normalized spacial score (nSPS) is 14.2. The Kier molecular flexibility index (Phi) is 4.23. The number of rotatable bonds is 2. The molecule has 1 atom stereocenters. The van der Waals surface area contributed by atoms with Crippen molar-refractivity contribution < 1.29 is 9.90 Å². The smallest absolute Gasteiger partial charge is 0.224 e. The summed E-state index contributed by atoms with van der Waals surface area (Å²) >= 11 is 0. The van der Waals surface area contributed by atoms with Crippen LogP contribution in [0.3, 0.4) is 0 Å². The third kappa shape index (κ3) is 3.33. The van der Waals surface area contributed by atoms with E-state index in [1.807, 2.05) is 53.7 Å². The fourth-order valence-corrected chi connectivity index (χ4v) is 2.21. The van der Waals surface area contributed by atoms with Crippen molar-refractivity contribution in [3.05, 3.63) is 28.8 Å². The summed E-state index contributed by atoms with van der Waals surface area (Å²) < 4.78 is 0. The van der Waals surface area contributed by atoms with Crippen molar-refractivity contribution in [2.75, 3.05) is 0 Å². The van der Waals surface area contributed by atoms with Gasteiger partial charge < -0.3 is 10.8 Å². The Balaban J connectivity index is 3.63. The molecule has 3 nitrogen and oxygen atoms in total. The Bertz CT molecular complexity index is 484. The zero-order valence-corrected chi connectivity index (χ0v) is 13.7. The second-order valence-electron chi connectivity index (χ2n) is 7.59. The molecular weight excluding hydrogens is 250 g/mol. The molecule has 0 saturated carbocycles. The molecule has 20 heavy (non-hydrogen) atoms. The number of carbonyl (C=O) groups excluding carboxylic acids is 1. The summed E-state index contributed by atoms with van der Waals surface area (Å²) in [6.45, 7) is 14.1. The topological polar surface area (TPSA) is 63.3 Å². The Morgan fingerprint density at radius 1 is 1.05 bits per heavy atom. The van der Waals surface area contributed by atoms with Gasteiger partial charge in [-0.15, -0.1) is 0 Å². The molecule has 1 aromatic carbocycles. The van der Waals surface area contributed by atoms with Crippen LogP contribution in [-0.2, 0) is 15.6 Å². The van der Waals surface area contributed by atoms with Gasteiger partial charge in [0.1, 0.15) is 5.75 Å². The maximum absolute atomic E-state index is 11.5. The molecule has 0 bridgehead atoms. The number of amides is 1. The van der Waals surface area contributed by atoms with E-state index in [9.17, 15) is 9.90 Å². The Hall–Kier alpha value is -1.51. The van der Waals surface area contributed by atoms with Gasteiger partial charge in [0.2, 0.25) is 5.91 Å². The summed E-state index contributed by atoms with van der Waals surface area (Å²) in [4.78, 5) is 11.5. The highest BCUT2D eigenvalue weighted by molar-refractivity contribution is 5.81. The maximum atomic E-state index is 11.5. The SMILES string of the molecule is CC(C(N)=O)c1cc(C(C)(C)C)c(O)c(C(C)(C)C)c1. The Morgan fingerprint density at radius 3 is 1.65 bits per heavy atom. The van der Waals surface area contributed by atoms with Crippen molar-refractivity contribution in [2.45, 2.75) is 65.2 Å². The molecule has 1 aromatic rings. The van der Waals surface area contributed by atoms with E-state index < -0.39 is 0 Å². The number of aromatic hydroxyl groups is 1. The van der Waals surface area contributed by atoms with Crippen LogP contribution in [0, 0.1) is 0 Å². The van der Waals surface area contributed by atoms with E-state index in [0.717, 1.165) is 16.7 Å². The number of hydrogen-bond donors (Lipinski definition) is 2. The molecule has 0 aliphatic heterocycles. The fourth-order valence-electron chi connectivity index (χ4n) is 2.21. The first-order chi connectivity index (χ1) is 8.85. The minimum atomic E-state index is -0.363. The molecule has 0 radical (unpaired) electrons. The second-order valence-corrected chi connectivity index (χ2v) is 7.59. The van der Waals surface area contributed by atoms with Crippen LogP contribution in [0.15, 0.2) is 12.1 Å². The highest BCUT2D eigenvalue weighted by Crippen LogP contribution is 2.40. The molecule has 112 valence electrons. The maximum Gasteiger partial charge on any atom is 0.224 e. The molecular formula is C17H27NO2. The number of nitrogens with two attached hydrogens (primary N) is 1. The number of phenolic OH excluding ortho intramolecular Hbond substituents is 1. The van der Waals surface area contributed by atoms with Crippen LogP contribution in [-0.4, -0.2) is 11.0 Å². The number of hydrogen-bond acceptors (Lipinski definition) is 2. The average molecular weight is 277 g/mol. The van der Waals surface area contributed by atoms with Gasteiger partial charge in [-0.25, -0.2) is 0 Å². The highest BCUT2D eigenvalue weighted by Gasteiger charge is 2.28. The van der Waals surface area contributed by atoms with E-state index in [2.05, 4.69) is 0 Å². The first-order valence-corrected chi connectivity index (χ1v) is 7.03. The van der Waals surface area contributed by atoms with Gasteiger partial charge in [0.15, 0.2) is 0 Å². The van der Waals surface area contributed by atoms with Crippen LogP contribution in [0.25, 0.3) is 0 Å². The van der Waals surface area contributed by atoms with Gasteiger partial charge in [0.05, 0.1) is 5.92 Å². The molecule has 0 fully saturated rings. The standard InChI is InChI=1S/C17H27NO2/c1-10(15(18)20)11-8-12(16(2,3)4)14(19)13(9-11)17(5,6)7/h8-10,19H,1-7H3,(H2,18,20). The lowest BCUT2D eigenvalue weighted by molar-refractivity contribution is -0.119. The molecule has 1 rings (SSSR count). The van der Waals surface area contributed by atoms with Crippen molar-refractivity contribution in [1.29, 1.82) is 0 Å². The van der Waals surface area contributed by atoms with E-state index in [1.165, 1.54) is 0 Å². The molecule has 0 spiro atoms. The van der Waals surface area contributed by atoms with Crippen molar-refractivity contribution in [1.82, 2.24) is 0 Å². The summed E-state index contributed by atoms with van der Waals surface area (Å²) in [6.07, 6.45) is 0. The fraction of sp³-hybridized carbons (Fsp3) is 0.588. The molecule has 0 aliphatic rings. The van der Waals surface area contributed by atoms with Crippen LogP contribution < -0.4 is 5.73 Å². The first kappa shape index (κ1) is 16.5. The van der Waals surface area contributed by atoms with Crippen LogP contribution in [0.1, 0.15) is 71.1 Å². The van der Waals surface area contributed by atoms with Gasteiger partial charge in [-0.1, -0.05) is 53.7 Å². The highest BCUT2D eigenvalue weighted by atomic mass is 16.3. The van der Waals surface area contributed by atoms with E-state index >= 15 is 0 Å². The van der Waals surface area contributed by atoms with Gasteiger partial charge in [-0.2, -0.15) is 0 Å². The molecule has 0 aromatic heterocycles. The molecule has 0 aliphatic carbocycles. The minimum absolute atomic E-state index is 0.197. The first-order valence-electron chi connectivity index (χ1n) is 7.03. The predicted octanol–water partition coefficient (Wildman–Crippen LogP) is 3.58. The van der Waals surface area contributed by atoms with Crippen LogP contribution in [0.5, 0.6) is 5.75 Å². The van der Waals surface area contributed by atoms with E-state index in [4.69, 9.17) is 5.73 Å². The zero-order valence-electron chi connectivity index (χ0n) is 13.7.